The summed E-state index contributed by atoms with van der Waals surface area (Å²) in [5, 5.41) is -0.931. The van der Waals surface area contributed by atoms with Crippen molar-refractivity contribution in [1.82, 2.24) is 0 Å². The first-order valence-corrected chi connectivity index (χ1v) is 2.78. The number of rotatable bonds is 3. The lowest BCUT2D eigenvalue weighted by molar-refractivity contribution is -0.126. The molecule has 0 aromatic rings. The zero-order valence-corrected chi connectivity index (χ0v) is 5.90. The van der Waals surface area contributed by atoms with E-state index in [1.54, 1.807) is 0 Å². The second-order valence-corrected chi connectivity index (χ2v) is 2.06. The van der Waals surface area contributed by atoms with Crippen LogP contribution in [0.2, 0.25) is 0 Å². The third-order valence-corrected chi connectivity index (χ3v) is 1.10. The summed E-state index contributed by atoms with van der Waals surface area (Å²) in [4.78, 5) is 20.5. The molecule has 0 rings (SSSR count). The summed E-state index contributed by atoms with van der Waals surface area (Å²) in [6, 6.07) is 0. The zero-order valence-electron chi connectivity index (χ0n) is 5.00. The largest absolute Gasteiger partial charge is 0.369 e. The molecular weight excluding hydrogens is 157 g/mol. The van der Waals surface area contributed by atoms with E-state index in [0.29, 0.717) is 0 Å². The van der Waals surface area contributed by atoms with Crippen molar-refractivity contribution in [2.24, 2.45) is 11.7 Å². The summed E-state index contributed by atoms with van der Waals surface area (Å²) in [6.07, 6.45) is 0. The summed E-state index contributed by atoms with van der Waals surface area (Å²) in [7, 11) is 0. The van der Waals surface area contributed by atoms with Crippen LogP contribution >= 0.6 is 12.6 Å². The highest BCUT2D eigenvalue weighted by molar-refractivity contribution is 7.96. The van der Waals surface area contributed by atoms with E-state index in [0.717, 1.165) is 0 Å². The van der Waals surface area contributed by atoms with E-state index in [1.807, 2.05) is 0 Å². The molecule has 0 fully saturated rings. The molecule has 0 aromatic heterocycles. The molecule has 0 aliphatic heterocycles. The van der Waals surface area contributed by atoms with E-state index in [9.17, 15) is 14.0 Å². The van der Waals surface area contributed by atoms with Crippen LogP contribution in [-0.2, 0) is 9.59 Å². The van der Waals surface area contributed by atoms with Crippen LogP contribution in [0.1, 0.15) is 0 Å². The fourth-order valence-electron chi connectivity index (χ4n) is 0.410. The van der Waals surface area contributed by atoms with Gasteiger partial charge in [0.25, 0.3) is 0 Å². The summed E-state index contributed by atoms with van der Waals surface area (Å²) in [6.45, 7) is 2.76. The highest BCUT2D eigenvalue weighted by Gasteiger charge is 2.24. The average molecular weight is 163 g/mol. The Bertz CT molecular complexity index is 159. The van der Waals surface area contributed by atoms with E-state index < -0.39 is 22.8 Å². The first kappa shape index (κ1) is 9.16. The van der Waals surface area contributed by atoms with Gasteiger partial charge < -0.3 is 5.73 Å². The van der Waals surface area contributed by atoms with Crippen molar-refractivity contribution in [2.75, 3.05) is 0 Å². The van der Waals surface area contributed by atoms with E-state index >= 15 is 0 Å². The number of carbonyl (C=O) groups is 2. The van der Waals surface area contributed by atoms with Crippen LogP contribution in [0, 0.1) is 5.92 Å². The van der Waals surface area contributed by atoms with Crippen LogP contribution < -0.4 is 5.73 Å². The summed E-state index contributed by atoms with van der Waals surface area (Å²) >= 11 is 3.23. The lowest BCUT2D eigenvalue weighted by Crippen LogP contribution is -2.28. The average Bonchev–Trinajstić information content (AvgIpc) is 1.59. The van der Waals surface area contributed by atoms with Crippen LogP contribution in [0.3, 0.4) is 0 Å². The molecule has 1 atom stereocenters. The Morgan fingerprint density at radius 3 is 2.00 bits per heavy atom. The summed E-state index contributed by atoms with van der Waals surface area (Å²) in [5.74, 6) is -3.76. The van der Waals surface area contributed by atoms with Crippen molar-refractivity contribution < 1.29 is 14.0 Å². The summed E-state index contributed by atoms with van der Waals surface area (Å²) in [5.41, 5.74) is 4.63. The van der Waals surface area contributed by atoms with Crippen LogP contribution in [0.5, 0.6) is 0 Å². The number of halogens is 1. The molecular formula is C5H6FNO2S. The highest BCUT2D eigenvalue weighted by Crippen LogP contribution is 2.12. The van der Waals surface area contributed by atoms with Gasteiger partial charge in [0.05, 0.1) is 0 Å². The molecule has 56 valence electrons. The molecule has 2 N–H and O–H groups in total. The Kier molecular flexibility index (Phi) is 3.08. The molecule has 0 saturated carbocycles. The molecule has 0 aliphatic rings. The third-order valence-electron chi connectivity index (χ3n) is 0.845. The Balaban J connectivity index is 4.43. The van der Waals surface area contributed by atoms with E-state index in [2.05, 4.69) is 24.9 Å². The number of thiol groups is 1. The van der Waals surface area contributed by atoms with Gasteiger partial charge in [-0.05, 0) is 0 Å². The summed E-state index contributed by atoms with van der Waals surface area (Å²) < 4.78 is 12.1. The Hall–Kier alpha value is -0.840. The van der Waals surface area contributed by atoms with Gasteiger partial charge in [-0.25, -0.2) is 4.39 Å². The number of carbonyl (C=O) groups excluding carboxylic acids is 2. The fraction of sp³-hybridized carbons (Fsp3) is 0.200. The van der Waals surface area contributed by atoms with E-state index in [1.165, 1.54) is 0 Å². The van der Waals surface area contributed by atoms with Gasteiger partial charge in [-0.15, -0.1) is 12.6 Å². The zero-order chi connectivity index (χ0) is 8.31. The Labute approximate surface area is 62.5 Å². The third kappa shape index (κ3) is 2.18. The second kappa shape index (κ2) is 3.36. The van der Waals surface area contributed by atoms with Gasteiger partial charge in [-0.2, -0.15) is 0 Å². The highest BCUT2D eigenvalue weighted by atomic mass is 32.1. The van der Waals surface area contributed by atoms with Gasteiger partial charge >= 0.3 is 0 Å². The number of amides is 1. The molecule has 0 heterocycles. The minimum atomic E-state index is -1.61. The van der Waals surface area contributed by atoms with Crippen LogP contribution in [0.4, 0.5) is 4.39 Å². The maximum absolute atomic E-state index is 12.1. The monoisotopic (exact) mass is 163 g/mol. The standard InChI is InChI=1S/C5H6FNO2S/c1-2(6)3(4(7)8)5(9)10/h3H,1H2,(H2,7,8)(H,9,10). The Morgan fingerprint density at radius 2 is 2.00 bits per heavy atom. The van der Waals surface area contributed by atoms with Gasteiger partial charge in [-0.3, -0.25) is 9.59 Å². The lowest BCUT2D eigenvalue weighted by Gasteiger charge is -2.02. The number of hydrogen-bond donors (Lipinski definition) is 2. The van der Waals surface area contributed by atoms with Crippen molar-refractivity contribution in [2.45, 2.75) is 0 Å². The quantitative estimate of drug-likeness (QED) is 0.455. The van der Waals surface area contributed by atoms with Crippen LogP contribution in [0.25, 0.3) is 0 Å². The van der Waals surface area contributed by atoms with Gasteiger partial charge in [0.15, 0.2) is 5.92 Å². The van der Waals surface area contributed by atoms with Crippen molar-refractivity contribution in [3.63, 3.8) is 0 Å². The van der Waals surface area contributed by atoms with Gasteiger partial charge in [0.2, 0.25) is 11.0 Å². The molecule has 0 aromatic carbocycles. The number of hydrogen-bond acceptors (Lipinski definition) is 2. The first-order valence-electron chi connectivity index (χ1n) is 2.33. The van der Waals surface area contributed by atoms with Gasteiger partial charge in [-0.1, -0.05) is 6.58 Å². The lowest BCUT2D eigenvalue weighted by atomic mass is 10.1. The van der Waals surface area contributed by atoms with Crippen molar-refractivity contribution in [1.29, 1.82) is 0 Å². The van der Waals surface area contributed by atoms with E-state index in [4.69, 9.17) is 0 Å². The van der Waals surface area contributed by atoms with E-state index in [-0.39, 0.29) is 0 Å². The molecule has 0 radical (unpaired) electrons. The maximum Gasteiger partial charge on any atom is 0.235 e. The number of nitrogens with two attached hydrogens (primary N) is 1. The number of primary amides is 1. The topological polar surface area (TPSA) is 60.2 Å². The molecule has 1 amide bonds. The molecule has 5 heteroatoms. The van der Waals surface area contributed by atoms with Crippen LogP contribution in [0.15, 0.2) is 12.4 Å². The first-order chi connectivity index (χ1) is 4.46. The molecule has 3 nitrogen and oxygen atoms in total. The molecule has 0 aliphatic carbocycles. The normalized spacial score (nSPS) is 12.2. The SMILES string of the molecule is C=C(F)C(C(N)=O)C(=O)S. The predicted octanol–water partition coefficient (Wildman–Crippen LogP) is 0.0275. The predicted molar refractivity (Wildman–Crippen MR) is 36.9 cm³/mol. The second-order valence-electron chi connectivity index (χ2n) is 1.62. The van der Waals surface area contributed by atoms with Crippen molar-refractivity contribution in [3.8, 4) is 0 Å². The Morgan fingerprint density at radius 1 is 1.60 bits per heavy atom. The molecule has 0 bridgehead atoms. The maximum atomic E-state index is 12.1. The molecule has 0 saturated heterocycles. The van der Waals surface area contributed by atoms with Gasteiger partial charge in [0, 0.05) is 0 Å². The molecule has 0 spiro atoms. The molecule has 10 heavy (non-hydrogen) atoms. The molecule has 1 unspecified atom stereocenters. The smallest absolute Gasteiger partial charge is 0.235 e. The van der Waals surface area contributed by atoms with Gasteiger partial charge in [0.1, 0.15) is 5.83 Å². The minimum absolute atomic E-state index is 0.931. The fourth-order valence-corrected chi connectivity index (χ4v) is 0.677. The van der Waals surface area contributed by atoms with Crippen molar-refractivity contribution >= 4 is 23.7 Å². The van der Waals surface area contributed by atoms with Crippen LogP contribution in [-0.4, -0.2) is 11.0 Å². The minimum Gasteiger partial charge on any atom is -0.369 e. The van der Waals surface area contributed by atoms with Crippen molar-refractivity contribution in [3.05, 3.63) is 12.4 Å².